The Labute approximate surface area is 95.8 Å². The van der Waals surface area contributed by atoms with Crippen molar-refractivity contribution in [2.24, 2.45) is 0 Å². The van der Waals surface area contributed by atoms with Gasteiger partial charge in [0.2, 0.25) is 6.41 Å². The lowest BCUT2D eigenvalue weighted by Gasteiger charge is -2.21. The van der Waals surface area contributed by atoms with Gasteiger partial charge in [0.25, 0.3) is 0 Å². The number of rotatable bonds is 6. The van der Waals surface area contributed by atoms with Crippen molar-refractivity contribution in [3.8, 4) is 0 Å². The topological polar surface area (TPSA) is 185 Å². The van der Waals surface area contributed by atoms with Gasteiger partial charge in [-0.2, -0.15) is 0 Å². The fourth-order valence-corrected chi connectivity index (χ4v) is 0.665. The molecule has 0 aromatic rings. The molecule has 11 heteroatoms. The van der Waals surface area contributed by atoms with E-state index in [-0.39, 0.29) is 12.7 Å². The maximum Gasteiger partial charge on any atom is 0.466 e. The number of hydrogen-bond donors (Lipinski definition) is 7. The summed E-state index contributed by atoms with van der Waals surface area (Å²) in [5.41, 5.74) is 0. The van der Waals surface area contributed by atoms with Crippen LogP contribution >= 0.6 is 7.82 Å². The summed E-state index contributed by atoms with van der Waals surface area (Å²) in [6, 6.07) is -1.03. The molecule has 0 saturated heterocycles. The molecule has 3 atom stereocenters. The molecular weight excluding hydrogens is 261 g/mol. The zero-order chi connectivity index (χ0) is 14.1. The number of hydrogen-bond acceptors (Lipinski definition) is 6. The lowest BCUT2D eigenvalue weighted by atomic mass is 10.1. The van der Waals surface area contributed by atoms with Crippen molar-refractivity contribution in [1.29, 1.82) is 0 Å². The lowest BCUT2D eigenvalue weighted by Crippen LogP contribution is -2.48. The first kappa shape index (κ1) is 18.5. The van der Waals surface area contributed by atoms with Crippen LogP contribution in [0.15, 0.2) is 0 Å². The normalized spacial score (nSPS) is 15.9. The molecule has 0 aliphatic carbocycles. The first-order valence-electron chi connectivity index (χ1n) is 4.07. The molecule has 7 N–H and O–H groups in total. The van der Waals surface area contributed by atoms with E-state index in [1.165, 1.54) is 0 Å². The monoisotopic (exact) mass is 275 g/mol. The van der Waals surface area contributed by atoms with Crippen molar-refractivity contribution >= 4 is 20.5 Å². The summed E-state index contributed by atoms with van der Waals surface area (Å²) >= 11 is 0. The molecule has 1 amide bonds. The number of aliphatic hydroxyl groups excluding tert-OH is 3. The minimum atomic E-state index is -4.64. The standard InChI is InChI=1S/C6H11NO5.H3O4P/c8-1-4(7-3-10)6(12)5(11)2-9;1-5(2,3)4/h2-6,8,11-12H,1H2,(H,7,10);(H3,1,2,3,4). The molecule has 0 aliphatic rings. The van der Waals surface area contributed by atoms with Crippen LogP contribution in [0.1, 0.15) is 0 Å². The molecule has 0 rings (SSSR count). The summed E-state index contributed by atoms with van der Waals surface area (Å²) in [6.45, 7) is -0.551. The Morgan fingerprint density at radius 2 is 1.59 bits per heavy atom. The van der Waals surface area contributed by atoms with Gasteiger partial charge in [0.15, 0.2) is 6.29 Å². The van der Waals surface area contributed by atoms with E-state index in [2.05, 4.69) is 0 Å². The molecular formula is C6H14NO9P. The number of carbonyl (C=O) groups excluding carboxylic acids is 2. The van der Waals surface area contributed by atoms with Crippen LogP contribution in [-0.2, 0) is 14.2 Å². The number of aldehydes is 1. The number of nitrogens with one attached hydrogen (secondary N) is 1. The second kappa shape index (κ2) is 9.19. The van der Waals surface area contributed by atoms with E-state index in [4.69, 9.17) is 34.6 Å². The third-order valence-electron chi connectivity index (χ3n) is 1.38. The highest BCUT2D eigenvalue weighted by molar-refractivity contribution is 7.45. The van der Waals surface area contributed by atoms with E-state index >= 15 is 0 Å². The highest BCUT2D eigenvalue weighted by Gasteiger charge is 2.24. The molecule has 0 radical (unpaired) electrons. The highest BCUT2D eigenvalue weighted by atomic mass is 31.2. The van der Waals surface area contributed by atoms with E-state index in [0.717, 1.165) is 0 Å². The first-order valence-corrected chi connectivity index (χ1v) is 5.64. The molecule has 10 nitrogen and oxygen atoms in total. The van der Waals surface area contributed by atoms with Gasteiger partial charge in [-0.05, 0) is 0 Å². The zero-order valence-corrected chi connectivity index (χ0v) is 9.34. The minimum absolute atomic E-state index is 0.125. The molecule has 0 saturated carbocycles. The largest absolute Gasteiger partial charge is 0.466 e. The van der Waals surface area contributed by atoms with Crippen LogP contribution in [0.5, 0.6) is 0 Å². The zero-order valence-electron chi connectivity index (χ0n) is 8.45. The Morgan fingerprint density at radius 3 is 1.82 bits per heavy atom. The lowest BCUT2D eigenvalue weighted by molar-refractivity contribution is -0.123. The maximum absolute atomic E-state index is 9.96. The number of carbonyl (C=O) groups is 2. The van der Waals surface area contributed by atoms with Gasteiger partial charge in [-0.1, -0.05) is 0 Å². The summed E-state index contributed by atoms with van der Waals surface area (Å²) in [6.07, 6.45) is -2.70. The summed E-state index contributed by atoms with van der Waals surface area (Å²) in [7, 11) is -4.64. The molecule has 0 aromatic carbocycles. The number of phosphoric acid groups is 1. The van der Waals surface area contributed by atoms with Crippen molar-refractivity contribution in [1.82, 2.24) is 5.32 Å². The van der Waals surface area contributed by atoms with Gasteiger partial charge in [0.05, 0.1) is 12.6 Å². The Balaban J connectivity index is 0. The number of aliphatic hydroxyl groups is 3. The highest BCUT2D eigenvalue weighted by Crippen LogP contribution is 2.25. The fourth-order valence-electron chi connectivity index (χ4n) is 0.665. The van der Waals surface area contributed by atoms with E-state index in [9.17, 15) is 9.59 Å². The van der Waals surface area contributed by atoms with Gasteiger partial charge < -0.3 is 40.1 Å². The molecule has 0 aromatic heterocycles. The second-order valence-corrected chi connectivity index (χ2v) is 3.73. The summed E-state index contributed by atoms with van der Waals surface area (Å²) < 4.78 is 8.88. The summed E-state index contributed by atoms with van der Waals surface area (Å²) in [4.78, 5) is 41.4. The fraction of sp³-hybridized carbons (Fsp3) is 0.667. The van der Waals surface area contributed by atoms with Crippen LogP contribution in [0.25, 0.3) is 0 Å². The Hall–Kier alpha value is -0.870. The van der Waals surface area contributed by atoms with Crippen molar-refractivity contribution < 1.29 is 44.2 Å². The molecule has 0 aliphatic heterocycles. The number of amides is 1. The Morgan fingerprint density at radius 1 is 1.18 bits per heavy atom. The van der Waals surface area contributed by atoms with Crippen LogP contribution in [0, 0.1) is 0 Å². The molecule has 0 spiro atoms. The minimum Gasteiger partial charge on any atom is -0.394 e. The van der Waals surface area contributed by atoms with Crippen molar-refractivity contribution in [3.05, 3.63) is 0 Å². The Kier molecular flexibility index (Phi) is 10.00. The van der Waals surface area contributed by atoms with E-state index in [1.54, 1.807) is 0 Å². The predicted molar refractivity (Wildman–Crippen MR) is 52.4 cm³/mol. The van der Waals surface area contributed by atoms with Gasteiger partial charge in [-0.3, -0.25) is 4.79 Å². The van der Waals surface area contributed by atoms with Gasteiger partial charge in [0.1, 0.15) is 12.2 Å². The molecule has 102 valence electrons. The van der Waals surface area contributed by atoms with Crippen LogP contribution < -0.4 is 5.32 Å². The molecule has 17 heavy (non-hydrogen) atoms. The summed E-state index contributed by atoms with van der Waals surface area (Å²) in [5.74, 6) is 0. The molecule has 0 bridgehead atoms. The van der Waals surface area contributed by atoms with Gasteiger partial charge in [0, 0.05) is 0 Å². The van der Waals surface area contributed by atoms with Crippen LogP contribution in [0.3, 0.4) is 0 Å². The van der Waals surface area contributed by atoms with Gasteiger partial charge in [-0.15, -0.1) is 0 Å². The van der Waals surface area contributed by atoms with Gasteiger partial charge >= 0.3 is 7.82 Å². The third-order valence-corrected chi connectivity index (χ3v) is 1.38. The first-order chi connectivity index (χ1) is 7.67. The van der Waals surface area contributed by atoms with E-state index in [0.29, 0.717) is 0 Å². The molecule has 0 heterocycles. The van der Waals surface area contributed by atoms with Crippen LogP contribution in [-0.4, -0.2) is 67.6 Å². The van der Waals surface area contributed by atoms with Crippen LogP contribution in [0.4, 0.5) is 0 Å². The average Bonchev–Trinajstić information content (AvgIpc) is 2.21. The van der Waals surface area contributed by atoms with E-state index < -0.39 is 32.7 Å². The smallest absolute Gasteiger partial charge is 0.394 e. The van der Waals surface area contributed by atoms with Crippen molar-refractivity contribution in [2.75, 3.05) is 6.61 Å². The SMILES string of the molecule is O=CNC(CO)C(O)C(O)C=O.O=P(O)(O)O. The second-order valence-electron chi connectivity index (χ2n) is 2.70. The predicted octanol–water partition coefficient (Wildman–Crippen LogP) is -3.91. The third kappa shape index (κ3) is 13.1. The summed E-state index contributed by atoms with van der Waals surface area (Å²) in [5, 5.41) is 28.4. The Bertz CT molecular complexity index is 258. The quantitative estimate of drug-likeness (QED) is 0.188. The van der Waals surface area contributed by atoms with Crippen molar-refractivity contribution in [2.45, 2.75) is 18.2 Å². The molecule has 3 unspecified atom stereocenters. The molecule has 0 fully saturated rings. The van der Waals surface area contributed by atoms with Crippen LogP contribution in [0.2, 0.25) is 0 Å². The van der Waals surface area contributed by atoms with E-state index in [1.807, 2.05) is 5.32 Å². The maximum atomic E-state index is 9.96. The van der Waals surface area contributed by atoms with Crippen molar-refractivity contribution in [3.63, 3.8) is 0 Å². The van der Waals surface area contributed by atoms with Gasteiger partial charge in [-0.25, -0.2) is 4.57 Å². The average molecular weight is 275 g/mol.